The van der Waals surface area contributed by atoms with Crippen LogP contribution in [-0.4, -0.2) is 16.8 Å². The minimum Gasteiger partial charge on any atom is -0.346 e. The highest BCUT2D eigenvalue weighted by atomic mass is 79.9. The normalized spacial score (nSPS) is 17.8. The largest absolute Gasteiger partial charge is 0.346 e. The van der Waals surface area contributed by atoms with Gasteiger partial charge in [-0.2, -0.15) is 0 Å². The number of halogens is 4. The van der Waals surface area contributed by atoms with E-state index in [0.717, 1.165) is 32.1 Å². The molecule has 0 aliphatic heterocycles. The third-order valence-electron chi connectivity index (χ3n) is 3.68. The number of carbonyl (C=O) groups excluding carboxylic acids is 1. The minimum atomic E-state index is -1.18. The van der Waals surface area contributed by atoms with Crippen molar-refractivity contribution in [3.05, 3.63) is 35.1 Å². The number of benzene rings is 1. The molecular weight excluding hydrogens is 335 g/mol. The van der Waals surface area contributed by atoms with Gasteiger partial charge in [0.05, 0.1) is 5.54 Å². The van der Waals surface area contributed by atoms with Crippen molar-refractivity contribution >= 4 is 21.8 Å². The Labute approximate surface area is 123 Å². The summed E-state index contributed by atoms with van der Waals surface area (Å²) in [5, 5.41) is 3.24. The predicted molar refractivity (Wildman–Crippen MR) is 73.4 cm³/mol. The second-order valence-electron chi connectivity index (χ2n) is 5.17. The van der Waals surface area contributed by atoms with Gasteiger partial charge >= 0.3 is 0 Å². The summed E-state index contributed by atoms with van der Waals surface area (Å²) >= 11 is 3.36. The molecule has 1 N–H and O–H groups in total. The molecule has 2 nitrogen and oxygen atoms in total. The average molecular weight is 350 g/mol. The Morgan fingerprint density at radius 2 is 1.70 bits per heavy atom. The van der Waals surface area contributed by atoms with E-state index in [1.807, 2.05) is 0 Å². The van der Waals surface area contributed by atoms with Crippen LogP contribution in [-0.2, 0) is 0 Å². The quantitative estimate of drug-likeness (QED) is 0.823. The van der Waals surface area contributed by atoms with Crippen molar-refractivity contribution in [2.75, 3.05) is 5.33 Å². The second-order valence-corrected chi connectivity index (χ2v) is 5.73. The summed E-state index contributed by atoms with van der Waals surface area (Å²) < 4.78 is 40.0. The first-order valence-electron chi connectivity index (χ1n) is 6.50. The zero-order chi connectivity index (χ0) is 14.8. The molecule has 1 aromatic carbocycles. The molecule has 0 unspecified atom stereocenters. The van der Waals surface area contributed by atoms with Gasteiger partial charge in [0.1, 0.15) is 23.0 Å². The number of rotatable bonds is 3. The zero-order valence-corrected chi connectivity index (χ0v) is 12.4. The van der Waals surface area contributed by atoms with Gasteiger partial charge in [-0.15, -0.1) is 0 Å². The van der Waals surface area contributed by atoms with E-state index in [1.165, 1.54) is 0 Å². The van der Waals surface area contributed by atoms with Crippen LogP contribution in [0.4, 0.5) is 13.2 Å². The summed E-state index contributed by atoms with van der Waals surface area (Å²) in [5.41, 5.74) is -1.21. The Hall–Kier alpha value is -1.04. The van der Waals surface area contributed by atoms with Gasteiger partial charge in [-0.05, 0) is 12.8 Å². The fraction of sp³-hybridized carbons (Fsp3) is 0.500. The van der Waals surface area contributed by atoms with Gasteiger partial charge < -0.3 is 5.32 Å². The maximum Gasteiger partial charge on any atom is 0.257 e. The number of hydrogen-bond donors (Lipinski definition) is 1. The fourth-order valence-electron chi connectivity index (χ4n) is 2.58. The maximum absolute atomic E-state index is 13.6. The average Bonchev–Trinajstić information content (AvgIpc) is 2.38. The molecule has 1 aromatic rings. The third-order valence-corrected chi connectivity index (χ3v) is 4.75. The Bertz CT molecular complexity index is 492. The molecule has 0 spiro atoms. The van der Waals surface area contributed by atoms with Crippen molar-refractivity contribution in [3.63, 3.8) is 0 Å². The first-order chi connectivity index (χ1) is 9.47. The fourth-order valence-corrected chi connectivity index (χ4v) is 3.28. The van der Waals surface area contributed by atoms with Gasteiger partial charge in [-0.25, -0.2) is 13.2 Å². The van der Waals surface area contributed by atoms with Crippen LogP contribution < -0.4 is 5.32 Å². The molecule has 6 heteroatoms. The summed E-state index contributed by atoms with van der Waals surface area (Å²) in [4.78, 5) is 12.1. The van der Waals surface area contributed by atoms with Crippen LogP contribution in [0, 0.1) is 17.5 Å². The molecule has 2 rings (SSSR count). The molecule has 0 aromatic heterocycles. The minimum absolute atomic E-state index is 0.484. The molecule has 110 valence electrons. The SMILES string of the molecule is O=C(NC1(CBr)CCCCC1)c1c(F)cc(F)cc1F. The summed E-state index contributed by atoms with van der Waals surface area (Å²) in [6.45, 7) is 0. The summed E-state index contributed by atoms with van der Waals surface area (Å²) in [6.07, 6.45) is 4.52. The van der Waals surface area contributed by atoms with E-state index in [1.54, 1.807) is 0 Å². The van der Waals surface area contributed by atoms with Crippen molar-refractivity contribution in [1.82, 2.24) is 5.32 Å². The lowest BCUT2D eigenvalue weighted by molar-refractivity contribution is 0.0877. The molecule has 0 heterocycles. The van der Waals surface area contributed by atoms with E-state index in [4.69, 9.17) is 0 Å². The lowest BCUT2D eigenvalue weighted by atomic mass is 9.83. The highest BCUT2D eigenvalue weighted by Gasteiger charge is 2.34. The van der Waals surface area contributed by atoms with E-state index < -0.39 is 34.5 Å². The van der Waals surface area contributed by atoms with E-state index in [9.17, 15) is 18.0 Å². The summed E-state index contributed by atoms with van der Waals surface area (Å²) in [6, 6.07) is 1.03. The monoisotopic (exact) mass is 349 g/mol. The van der Waals surface area contributed by atoms with Crippen LogP contribution in [0.2, 0.25) is 0 Å². The Morgan fingerprint density at radius 1 is 1.15 bits per heavy atom. The van der Waals surface area contributed by atoms with E-state index >= 15 is 0 Å². The van der Waals surface area contributed by atoms with Gasteiger partial charge in [-0.1, -0.05) is 35.2 Å². The van der Waals surface area contributed by atoms with Gasteiger partial charge in [0.25, 0.3) is 5.91 Å². The van der Waals surface area contributed by atoms with Gasteiger partial charge in [0.2, 0.25) is 0 Å². The maximum atomic E-state index is 13.6. The van der Waals surface area contributed by atoms with Crippen molar-refractivity contribution in [2.45, 2.75) is 37.6 Å². The molecule has 0 atom stereocenters. The Balaban J connectivity index is 2.23. The Morgan fingerprint density at radius 3 is 2.20 bits per heavy atom. The van der Waals surface area contributed by atoms with Crippen LogP contribution in [0.5, 0.6) is 0 Å². The van der Waals surface area contributed by atoms with Crippen LogP contribution in [0.15, 0.2) is 12.1 Å². The molecule has 1 aliphatic carbocycles. The topological polar surface area (TPSA) is 29.1 Å². The first kappa shape index (κ1) is 15.4. The lowest BCUT2D eigenvalue weighted by Crippen LogP contribution is -2.51. The Kier molecular flexibility index (Phi) is 4.73. The van der Waals surface area contributed by atoms with Gasteiger partial charge in [0.15, 0.2) is 0 Å². The standard InChI is InChI=1S/C14H15BrF3NO/c15-8-14(4-2-1-3-5-14)19-13(20)12-10(17)6-9(16)7-11(12)18/h6-7H,1-5,8H2,(H,19,20). The molecule has 20 heavy (non-hydrogen) atoms. The highest BCUT2D eigenvalue weighted by Crippen LogP contribution is 2.30. The molecule has 1 fully saturated rings. The van der Waals surface area contributed by atoms with Crippen LogP contribution >= 0.6 is 15.9 Å². The zero-order valence-electron chi connectivity index (χ0n) is 10.8. The lowest BCUT2D eigenvalue weighted by Gasteiger charge is -2.36. The number of hydrogen-bond acceptors (Lipinski definition) is 1. The van der Waals surface area contributed by atoms with Crippen molar-refractivity contribution < 1.29 is 18.0 Å². The van der Waals surface area contributed by atoms with E-state index in [0.29, 0.717) is 17.5 Å². The second kappa shape index (κ2) is 6.16. The number of nitrogens with one attached hydrogen (secondary N) is 1. The highest BCUT2D eigenvalue weighted by molar-refractivity contribution is 9.09. The molecule has 0 bridgehead atoms. The smallest absolute Gasteiger partial charge is 0.257 e. The van der Waals surface area contributed by atoms with Crippen molar-refractivity contribution in [3.8, 4) is 0 Å². The first-order valence-corrected chi connectivity index (χ1v) is 7.63. The molecule has 1 saturated carbocycles. The predicted octanol–water partition coefficient (Wildman–Crippen LogP) is 3.93. The molecule has 0 saturated heterocycles. The molecule has 1 amide bonds. The van der Waals surface area contributed by atoms with Gasteiger partial charge in [-0.3, -0.25) is 4.79 Å². The van der Waals surface area contributed by atoms with Crippen LogP contribution in [0.3, 0.4) is 0 Å². The van der Waals surface area contributed by atoms with E-state index in [2.05, 4.69) is 21.2 Å². The molecule has 1 aliphatic rings. The van der Waals surface area contributed by atoms with Crippen LogP contribution in [0.25, 0.3) is 0 Å². The third kappa shape index (κ3) is 3.16. The van der Waals surface area contributed by atoms with Gasteiger partial charge in [0, 0.05) is 17.5 Å². The van der Waals surface area contributed by atoms with Crippen molar-refractivity contribution in [2.24, 2.45) is 0 Å². The summed E-state index contributed by atoms with van der Waals surface area (Å²) in [7, 11) is 0. The number of amides is 1. The summed E-state index contributed by atoms with van der Waals surface area (Å²) in [5.74, 6) is -4.23. The number of alkyl halides is 1. The molecular formula is C14H15BrF3NO. The van der Waals surface area contributed by atoms with Crippen LogP contribution in [0.1, 0.15) is 42.5 Å². The number of carbonyl (C=O) groups is 1. The van der Waals surface area contributed by atoms with E-state index in [-0.39, 0.29) is 0 Å². The molecule has 0 radical (unpaired) electrons. The van der Waals surface area contributed by atoms with Crippen molar-refractivity contribution in [1.29, 1.82) is 0 Å².